The Bertz CT molecular complexity index is 1310. The SMILES string of the molecule is CC(C)(C)OC(=O)Oc1ccccc1-c1nc(F)c2c(c1Cl)OC[C@H]1CN(C(=O)OC(C)(C)C)CCN1C2=O. The van der Waals surface area contributed by atoms with E-state index in [1.54, 1.807) is 59.7 Å². The van der Waals surface area contributed by atoms with Crippen molar-refractivity contribution in [2.45, 2.75) is 58.8 Å². The Labute approximate surface area is 230 Å². The first kappa shape index (κ1) is 28.4. The third kappa shape index (κ3) is 6.35. The minimum atomic E-state index is -1.09. The molecule has 10 nitrogen and oxygen atoms in total. The van der Waals surface area contributed by atoms with Gasteiger partial charge in [-0.15, -0.1) is 0 Å². The number of carbonyl (C=O) groups excluding carboxylic acids is 3. The van der Waals surface area contributed by atoms with Crippen molar-refractivity contribution in [1.29, 1.82) is 0 Å². The highest BCUT2D eigenvalue weighted by molar-refractivity contribution is 6.35. The molecule has 4 rings (SSSR count). The number of aromatic nitrogens is 1. The van der Waals surface area contributed by atoms with E-state index in [4.69, 9.17) is 30.5 Å². The van der Waals surface area contributed by atoms with E-state index in [2.05, 4.69) is 4.98 Å². The van der Waals surface area contributed by atoms with Crippen LogP contribution in [0.25, 0.3) is 11.3 Å². The van der Waals surface area contributed by atoms with E-state index in [-0.39, 0.29) is 54.0 Å². The van der Waals surface area contributed by atoms with Gasteiger partial charge in [-0.05, 0) is 53.7 Å². The molecule has 0 radical (unpaired) electrons. The first-order valence-electron chi connectivity index (χ1n) is 12.5. The molecule has 2 aromatic rings. The second-order valence-corrected chi connectivity index (χ2v) is 11.6. The number of halogens is 2. The maximum absolute atomic E-state index is 15.5. The predicted molar refractivity (Wildman–Crippen MR) is 140 cm³/mol. The number of hydrogen-bond donors (Lipinski definition) is 0. The number of hydrogen-bond acceptors (Lipinski definition) is 8. The van der Waals surface area contributed by atoms with Gasteiger partial charge in [-0.2, -0.15) is 4.39 Å². The summed E-state index contributed by atoms with van der Waals surface area (Å²) < 4.78 is 37.4. The van der Waals surface area contributed by atoms with E-state index in [0.717, 1.165) is 0 Å². The molecule has 0 N–H and O–H groups in total. The summed E-state index contributed by atoms with van der Waals surface area (Å²) in [5.41, 5.74) is -1.75. The number of rotatable bonds is 2. The maximum atomic E-state index is 15.5. The number of pyridine rings is 1. The summed E-state index contributed by atoms with van der Waals surface area (Å²) in [6, 6.07) is 5.72. The molecule has 39 heavy (non-hydrogen) atoms. The lowest BCUT2D eigenvalue weighted by Crippen LogP contribution is -2.58. The van der Waals surface area contributed by atoms with Crippen LogP contribution in [0.4, 0.5) is 14.0 Å². The molecule has 1 aromatic carbocycles. The summed E-state index contributed by atoms with van der Waals surface area (Å²) in [6.07, 6.45) is -1.47. The fraction of sp³-hybridized carbons (Fsp3) is 0.481. The molecule has 1 fully saturated rings. The molecule has 210 valence electrons. The molecular weight excluding hydrogens is 533 g/mol. The summed E-state index contributed by atoms with van der Waals surface area (Å²) in [4.78, 5) is 45.2. The van der Waals surface area contributed by atoms with E-state index < -0.39 is 46.9 Å². The molecule has 3 heterocycles. The zero-order valence-corrected chi connectivity index (χ0v) is 23.4. The highest BCUT2D eigenvalue weighted by atomic mass is 35.5. The maximum Gasteiger partial charge on any atom is 0.514 e. The normalized spacial score (nSPS) is 17.4. The average Bonchev–Trinajstić information content (AvgIpc) is 2.96. The van der Waals surface area contributed by atoms with Crippen LogP contribution in [0.5, 0.6) is 11.5 Å². The van der Waals surface area contributed by atoms with Crippen LogP contribution in [0, 0.1) is 5.95 Å². The van der Waals surface area contributed by atoms with Gasteiger partial charge in [0.05, 0.1) is 11.7 Å². The van der Waals surface area contributed by atoms with Gasteiger partial charge in [0, 0.05) is 25.2 Å². The number of ether oxygens (including phenoxy) is 4. The van der Waals surface area contributed by atoms with E-state index in [9.17, 15) is 14.4 Å². The summed E-state index contributed by atoms with van der Waals surface area (Å²) >= 11 is 6.65. The number of benzene rings is 1. The third-order valence-corrected chi connectivity index (χ3v) is 6.16. The summed E-state index contributed by atoms with van der Waals surface area (Å²) in [6.45, 7) is 10.8. The number of fused-ring (bicyclic) bond motifs is 2. The Hall–Kier alpha value is -3.60. The molecule has 12 heteroatoms. The van der Waals surface area contributed by atoms with Gasteiger partial charge >= 0.3 is 12.2 Å². The lowest BCUT2D eigenvalue weighted by atomic mass is 10.1. The second kappa shape index (κ2) is 10.5. The van der Waals surface area contributed by atoms with Crippen LogP contribution in [0.15, 0.2) is 24.3 Å². The van der Waals surface area contributed by atoms with Crippen LogP contribution in [0.3, 0.4) is 0 Å². The summed E-state index contributed by atoms with van der Waals surface area (Å²) in [5.74, 6) is -1.87. The molecule has 0 saturated carbocycles. The fourth-order valence-corrected chi connectivity index (χ4v) is 4.50. The number of amides is 2. The number of carbonyl (C=O) groups is 3. The molecule has 1 aromatic heterocycles. The molecule has 0 spiro atoms. The quantitative estimate of drug-likeness (QED) is 0.275. The lowest BCUT2D eigenvalue weighted by Gasteiger charge is -2.40. The fourth-order valence-electron chi connectivity index (χ4n) is 4.21. The van der Waals surface area contributed by atoms with Crippen molar-refractivity contribution in [3.63, 3.8) is 0 Å². The van der Waals surface area contributed by atoms with Crippen molar-refractivity contribution >= 4 is 29.8 Å². The van der Waals surface area contributed by atoms with Gasteiger partial charge in [0.2, 0.25) is 5.95 Å². The molecule has 0 bridgehead atoms. The largest absolute Gasteiger partial charge is 0.514 e. The van der Waals surface area contributed by atoms with Crippen LogP contribution in [-0.4, -0.2) is 76.4 Å². The first-order chi connectivity index (χ1) is 18.1. The minimum absolute atomic E-state index is 0.0332. The monoisotopic (exact) mass is 563 g/mol. The van der Waals surface area contributed by atoms with Crippen molar-refractivity contribution in [2.24, 2.45) is 0 Å². The Morgan fingerprint density at radius 3 is 2.41 bits per heavy atom. The number of nitrogens with zero attached hydrogens (tertiary/aromatic N) is 3. The van der Waals surface area contributed by atoms with Crippen LogP contribution in [0.2, 0.25) is 5.02 Å². The highest BCUT2D eigenvalue weighted by Gasteiger charge is 2.41. The van der Waals surface area contributed by atoms with Gasteiger partial charge in [-0.1, -0.05) is 23.7 Å². The Morgan fingerprint density at radius 1 is 1.08 bits per heavy atom. The van der Waals surface area contributed by atoms with E-state index in [1.807, 2.05) is 0 Å². The Kier molecular flexibility index (Phi) is 7.66. The van der Waals surface area contributed by atoms with Gasteiger partial charge in [-0.25, -0.2) is 14.6 Å². The number of piperazine rings is 1. The predicted octanol–water partition coefficient (Wildman–Crippen LogP) is 5.31. The zero-order chi connectivity index (χ0) is 28.7. The van der Waals surface area contributed by atoms with Crippen molar-refractivity contribution in [3.05, 3.63) is 40.8 Å². The smallest absolute Gasteiger partial charge is 0.489 e. The van der Waals surface area contributed by atoms with Crippen LogP contribution in [-0.2, 0) is 9.47 Å². The molecule has 2 amide bonds. The van der Waals surface area contributed by atoms with Crippen LogP contribution in [0.1, 0.15) is 51.9 Å². The van der Waals surface area contributed by atoms with Crippen molar-refractivity contribution < 1.29 is 37.7 Å². The zero-order valence-electron chi connectivity index (χ0n) is 22.7. The van der Waals surface area contributed by atoms with Gasteiger partial charge in [0.1, 0.15) is 34.1 Å². The molecule has 0 aliphatic carbocycles. The highest BCUT2D eigenvalue weighted by Crippen LogP contribution is 2.42. The molecule has 1 saturated heterocycles. The standard InChI is InChI=1S/C27H31ClFN3O7/c1-26(2,3)38-24(34)31-11-12-32-15(13-31)14-36-21-18(23(32)33)22(29)30-20(19(21)28)16-9-7-8-10-17(16)37-25(35)39-27(4,5)6/h7-10,15H,11-14H2,1-6H3/t15-/m1/s1. The molecule has 2 aliphatic rings. The van der Waals surface area contributed by atoms with Crippen molar-refractivity contribution in [3.8, 4) is 22.8 Å². The van der Waals surface area contributed by atoms with E-state index in [0.29, 0.717) is 0 Å². The Balaban J connectivity index is 1.64. The van der Waals surface area contributed by atoms with E-state index >= 15 is 4.39 Å². The van der Waals surface area contributed by atoms with Gasteiger partial charge in [0.15, 0.2) is 5.75 Å². The number of para-hydroxylation sites is 1. The Morgan fingerprint density at radius 2 is 1.74 bits per heavy atom. The third-order valence-electron chi connectivity index (χ3n) is 5.80. The average molecular weight is 564 g/mol. The van der Waals surface area contributed by atoms with Gasteiger partial charge in [0.25, 0.3) is 5.91 Å². The van der Waals surface area contributed by atoms with Crippen molar-refractivity contribution in [2.75, 3.05) is 26.2 Å². The molecule has 0 unspecified atom stereocenters. The van der Waals surface area contributed by atoms with Crippen molar-refractivity contribution in [1.82, 2.24) is 14.8 Å². The van der Waals surface area contributed by atoms with Gasteiger partial charge in [-0.3, -0.25) is 4.79 Å². The van der Waals surface area contributed by atoms with Crippen LogP contribution >= 0.6 is 11.6 Å². The topological polar surface area (TPSA) is 108 Å². The summed E-state index contributed by atoms with van der Waals surface area (Å²) in [7, 11) is 0. The minimum Gasteiger partial charge on any atom is -0.489 e. The molecule has 1 atom stereocenters. The first-order valence-corrected chi connectivity index (χ1v) is 12.8. The van der Waals surface area contributed by atoms with Crippen LogP contribution < -0.4 is 9.47 Å². The second-order valence-electron chi connectivity index (χ2n) is 11.2. The summed E-state index contributed by atoms with van der Waals surface area (Å²) in [5, 5.41) is -0.121. The lowest BCUT2D eigenvalue weighted by molar-refractivity contribution is 0.000873. The van der Waals surface area contributed by atoms with Gasteiger partial charge < -0.3 is 28.7 Å². The molecule has 2 aliphatic heterocycles. The molecular formula is C27H31ClFN3O7. The van der Waals surface area contributed by atoms with E-state index in [1.165, 1.54) is 15.9 Å².